The summed E-state index contributed by atoms with van der Waals surface area (Å²) >= 11 is 1.89. The van der Waals surface area contributed by atoms with Gasteiger partial charge < -0.3 is 15.0 Å². The molecule has 5 rings (SSSR count). The number of thiophene rings is 1. The van der Waals surface area contributed by atoms with E-state index >= 15 is 0 Å². The van der Waals surface area contributed by atoms with Crippen LogP contribution < -0.4 is 5.32 Å². The maximum absolute atomic E-state index is 12.3. The standard InChI is InChI=1S/C22H30N4O2S/c1-28-13-10-18(27)26-11-8-15(9-12-26)23-21-19-16-4-2-3-5-17(16)29-22(19)25-20(24-21)14-6-7-14/h14-15H,2-13H2,1H3,(H,23,24,25). The number of likely N-dealkylation sites (tertiary alicyclic amines) is 1. The van der Waals surface area contributed by atoms with Crippen molar-refractivity contribution in [1.82, 2.24) is 14.9 Å². The smallest absolute Gasteiger partial charge is 0.224 e. The van der Waals surface area contributed by atoms with Gasteiger partial charge in [-0.05, 0) is 56.9 Å². The SMILES string of the molecule is COCCC(=O)N1CCC(Nc2nc(C3CC3)nc3sc4c(c23)CCCC4)CC1. The van der Waals surface area contributed by atoms with E-state index in [1.807, 2.05) is 16.2 Å². The minimum atomic E-state index is 0.206. The van der Waals surface area contributed by atoms with Crippen LogP contribution in [0.1, 0.15) is 67.1 Å². The van der Waals surface area contributed by atoms with Gasteiger partial charge in [0.25, 0.3) is 0 Å². The van der Waals surface area contributed by atoms with Crippen LogP contribution in [0.25, 0.3) is 10.2 Å². The lowest BCUT2D eigenvalue weighted by molar-refractivity contribution is -0.133. The number of piperidine rings is 1. The Labute approximate surface area is 176 Å². The van der Waals surface area contributed by atoms with E-state index in [0.29, 0.717) is 25.0 Å². The summed E-state index contributed by atoms with van der Waals surface area (Å²) < 4.78 is 5.04. The first-order chi connectivity index (χ1) is 14.2. The molecule has 29 heavy (non-hydrogen) atoms. The molecular weight excluding hydrogens is 384 g/mol. The second-order valence-corrected chi connectivity index (χ2v) is 9.72. The highest BCUT2D eigenvalue weighted by atomic mass is 32.1. The average Bonchev–Trinajstić information content (AvgIpc) is 3.53. The molecular formula is C22H30N4O2S. The third-order valence-corrected chi connectivity index (χ3v) is 7.67. The largest absolute Gasteiger partial charge is 0.384 e. The zero-order valence-electron chi connectivity index (χ0n) is 17.2. The molecule has 0 bridgehead atoms. The molecule has 3 heterocycles. The van der Waals surface area contributed by atoms with Gasteiger partial charge in [0.2, 0.25) is 5.91 Å². The van der Waals surface area contributed by atoms with Gasteiger partial charge in [0, 0.05) is 37.0 Å². The van der Waals surface area contributed by atoms with E-state index in [1.165, 1.54) is 52.8 Å². The summed E-state index contributed by atoms with van der Waals surface area (Å²) in [5.41, 5.74) is 1.49. The maximum atomic E-state index is 12.3. The van der Waals surface area contributed by atoms with E-state index in [-0.39, 0.29) is 5.91 Å². The molecule has 2 aromatic rings. The molecule has 156 valence electrons. The highest BCUT2D eigenvalue weighted by Gasteiger charge is 2.30. The second-order valence-electron chi connectivity index (χ2n) is 8.64. The fourth-order valence-electron chi connectivity index (χ4n) is 4.62. The normalized spacial score (nSPS) is 20.1. The van der Waals surface area contributed by atoms with E-state index in [2.05, 4.69) is 5.32 Å². The van der Waals surface area contributed by atoms with Gasteiger partial charge in [-0.2, -0.15) is 0 Å². The molecule has 1 saturated carbocycles. The number of nitrogens with one attached hydrogen (secondary N) is 1. The Balaban J connectivity index is 1.35. The summed E-state index contributed by atoms with van der Waals surface area (Å²) in [6.07, 6.45) is 9.76. The molecule has 1 N–H and O–H groups in total. The van der Waals surface area contributed by atoms with Crippen LogP contribution >= 0.6 is 11.3 Å². The predicted octanol–water partition coefficient (Wildman–Crippen LogP) is 3.89. The monoisotopic (exact) mass is 414 g/mol. The molecule has 2 aliphatic carbocycles. The zero-order valence-corrected chi connectivity index (χ0v) is 18.0. The average molecular weight is 415 g/mol. The van der Waals surface area contributed by atoms with Crippen molar-refractivity contribution in [3.05, 3.63) is 16.3 Å². The number of carbonyl (C=O) groups is 1. The van der Waals surface area contributed by atoms with Gasteiger partial charge in [0.1, 0.15) is 16.5 Å². The van der Waals surface area contributed by atoms with Crippen molar-refractivity contribution in [3.63, 3.8) is 0 Å². The molecule has 2 fully saturated rings. The van der Waals surface area contributed by atoms with Crippen LogP contribution in [0, 0.1) is 0 Å². The number of nitrogens with zero attached hydrogens (tertiary/aromatic N) is 3. The van der Waals surface area contributed by atoms with Crippen molar-refractivity contribution in [2.24, 2.45) is 0 Å². The van der Waals surface area contributed by atoms with Gasteiger partial charge in [-0.25, -0.2) is 9.97 Å². The van der Waals surface area contributed by atoms with Crippen molar-refractivity contribution >= 4 is 33.3 Å². The number of amides is 1. The number of hydrogen-bond donors (Lipinski definition) is 1. The number of aryl methyl sites for hydroxylation is 2. The Morgan fingerprint density at radius 2 is 1.97 bits per heavy atom. The van der Waals surface area contributed by atoms with Crippen LogP contribution in [-0.2, 0) is 22.4 Å². The quantitative estimate of drug-likeness (QED) is 0.777. The van der Waals surface area contributed by atoms with Crippen LogP contribution in [0.2, 0.25) is 0 Å². The summed E-state index contributed by atoms with van der Waals surface area (Å²) in [4.78, 5) is 26.9. The summed E-state index contributed by atoms with van der Waals surface area (Å²) in [5, 5.41) is 5.06. The Morgan fingerprint density at radius 1 is 1.17 bits per heavy atom. The van der Waals surface area contributed by atoms with E-state index in [9.17, 15) is 4.79 Å². The van der Waals surface area contributed by atoms with E-state index in [1.54, 1.807) is 7.11 Å². The number of rotatable bonds is 6. The molecule has 1 amide bonds. The number of anilines is 1. The summed E-state index contributed by atoms with van der Waals surface area (Å²) in [6, 6.07) is 0.366. The van der Waals surface area contributed by atoms with E-state index < -0.39 is 0 Å². The first-order valence-electron chi connectivity index (χ1n) is 11.1. The molecule has 1 aliphatic heterocycles. The number of fused-ring (bicyclic) bond motifs is 3. The van der Waals surface area contributed by atoms with Crippen molar-refractivity contribution in [3.8, 4) is 0 Å². The molecule has 3 aliphatic rings. The van der Waals surface area contributed by atoms with E-state index in [4.69, 9.17) is 14.7 Å². The molecule has 1 saturated heterocycles. The molecule has 0 atom stereocenters. The summed E-state index contributed by atoms with van der Waals surface area (Å²) in [5.74, 6) is 2.85. The van der Waals surface area contributed by atoms with Gasteiger partial charge in [-0.1, -0.05) is 0 Å². The van der Waals surface area contributed by atoms with Crippen LogP contribution in [0.5, 0.6) is 0 Å². The van der Waals surface area contributed by atoms with Crippen LogP contribution in [0.15, 0.2) is 0 Å². The lowest BCUT2D eigenvalue weighted by Crippen LogP contribution is -2.42. The van der Waals surface area contributed by atoms with Gasteiger partial charge >= 0.3 is 0 Å². The first kappa shape index (κ1) is 19.2. The van der Waals surface area contributed by atoms with Crippen molar-refractivity contribution in [2.75, 3.05) is 32.1 Å². The van der Waals surface area contributed by atoms with Gasteiger partial charge in [0.05, 0.1) is 18.4 Å². The fraction of sp³-hybridized carbons (Fsp3) is 0.682. The molecule has 7 heteroatoms. The highest BCUT2D eigenvalue weighted by Crippen LogP contribution is 2.43. The summed E-state index contributed by atoms with van der Waals surface area (Å²) in [7, 11) is 1.64. The maximum Gasteiger partial charge on any atom is 0.224 e. The lowest BCUT2D eigenvalue weighted by Gasteiger charge is -2.33. The Kier molecular flexibility index (Phi) is 5.43. The molecule has 6 nitrogen and oxygen atoms in total. The van der Waals surface area contributed by atoms with Gasteiger partial charge in [-0.3, -0.25) is 4.79 Å². The third-order valence-electron chi connectivity index (χ3n) is 6.48. The van der Waals surface area contributed by atoms with E-state index in [0.717, 1.165) is 44.0 Å². The molecule has 0 aromatic carbocycles. The fourth-order valence-corrected chi connectivity index (χ4v) is 5.88. The van der Waals surface area contributed by atoms with Crippen LogP contribution in [0.3, 0.4) is 0 Å². The lowest BCUT2D eigenvalue weighted by atomic mass is 9.96. The molecule has 0 radical (unpaired) electrons. The van der Waals surface area contributed by atoms with Crippen molar-refractivity contribution in [1.29, 1.82) is 0 Å². The predicted molar refractivity (Wildman–Crippen MR) is 116 cm³/mol. The Hall–Kier alpha value is -1.73. The van der Waals surface area contributed by atoms with Crippen LogP contribution in [-0.4, -0.2) is 53.6 Å². The zero-order chi connectivity index (χ0) is 19.8. The summed E-state index contributed by atoms with van der Waals surface area (Å²) in [6.45, 7) is 2.13. The first-order valence-corrected chi connectivity index (χ1v) is 11.9. The Morgan fingerprint density at radius 3 is 2.72 bits per heavy atom. The molecule has 0 spiro atoms. The minimum absolute atomic E-state index is 0.206. The van der Waals surface area contributed by atoms with Gasteiger partial charge in [0.15, 0.2) is 0 Å². The van der Waals surface area contributed by atoms with Crippen LogP contribution in [0.4, 0.5) is 5.82 Å². The number of methoxy groups -OCH3 is 1. The molecule has 2 aromatic heterocycles. The van der Waals surface area contributed by atoms with Crippen molar-refractivity contribution < 1.29 is 9.53 Å². The number of aromatic nitrogens is 2. The molecule has 0 unspecified atom stereocenters. The number of carbonyl (C=O) groups excluding carboxylic acids is 1. The highest BCUT2D eigenvalue weighted by molar-refractivity contribution is 7.19. The second kappa shape index (κ2) is 8.19. The minimum Gasteiger partial charge on any atom is -0.384 e. The third kappa shape index (κ3) is 3.99. The topological polar surface area (TPSA) is 67.3 Å². The Bertz CT molecular complexity index is 900. The van der Waals surface area contributed by atoms with Gasteiger partial charge in [-0.15, -0.1) is 11.3 Å². The number of ether oxygens (including phenoxy) is 1. The van der Waals surface area contributed by atoms with Crippen molar-refractivity contribution in [2.45, 2.75) is 69.7 Å². The number of hydrogen-bond acceptors (Lipinski definition) is 6.